The molecule has 2 aromatic carbocycles. The number of aromatic amines is 1. The Morgan fingerprint density at radius 3 is 2.24 bits per heavy atom. The van der Waals surface area contributed by atoms with E-state index in [1.807, 2.05) is 42.5 Å². The molecule has 0 fully saturated rings. The summed E-state index contributed by atoms with van der Waals surface area (Å²) in [6.45, 7) is 0.246. The molecule has 0 saturated carbocycles. The number of methoxy groups -OCH3 is 5. The lowest BCUT2D eigenvalue weighted by molar-refractivity contribution is -0.113. The smallest absolute Gasteiger partial charge is 0.273 e. The lowest BCUT2D eigenvalue weighted by Crippen LogP contribution is -2.38. The summed E-state index contributed by atoms with van der Waals surface area (Å²) >= 11 is 0. The van der Waals surface area contributed by atoms with Gasteiger partial charge in [-0.05, 0) is 35.9 Å². The summed E-state index contributed by atoms with van der Waals surface area (Å²) in [5, 5.41) is 7.44. The quantitative estimate of drug-likeness (QED) is 0.497. The van der Waals surface area contributed by atoms with E-state index in [2.05, 4.69) is 10.2 Å². The van der Waals surface area contributed by atoms with Crippen molar-refractivity contribution in [3.05, 3.63) is 59.3 Å². The molecule has 174 valence electrons. The van der Waals surface area contributed by atoms with Crippen LogP contribution in [0, 0.1) is 0 Å². The molecule has 1 N–H and O–H groups in total. The summed E-state index contributed by atoms with van der Waals surface area (Å²) in [4.78, 5) is 15.1. The van der Waals surface area contributed by atoms with Gasteiger partial charge in [-0.15, -0.1) is 0 Å². The standard InChI is InChI=1S/C24H27N3O6/c1-29-16-9-6-14(7-10-16)23-20-21(15-8-11-17(30-2)18(12-15)31-3)25-26-22(20)24(28)27(23)13-19(32-4)33-5/h6-12,19,23H,13H2,1-5H3,(H,25,26). The number of carbonyl (C=O) groups excluding carboxylic acids is 1. The topological polar surface area (TPSA) is 95.1 Å². The zero-order valence-electron chi connectivity index (χ0n) is 19.2. The van der Waals surface area contributed by atoms with Gasteiger partial charge < -0.3 is 28.6 Å². The van der Waals surface area contributed by atoms with Crippen LogP contribution < -0.4 is 14.2 Å². The van der Waals surface area contributed by atoms with Crippen LogP contribution >= 0.6 is 0 Å². The molecule has 0 bridgehead atoms. The van der Waals surface area contributed by atoms with Gasteiger partial charge in [-0.1, -0.05) is 12.1 Å². The first-order valence-electron chi connectivity index (χ1n) is 10.4. The molecule has 0 radical (unpaired) electrons. The molecule has 1 atom stereocenters. The van der Waals surface area contributed by atoms with Gasteiger partial charge in [0.05, 0.1) is 39.6 Å². The van der Waals surface area contributed by atoms with Crippen LogP contribution in [-0.2, 0) is 9.47 Å². The minimum absolute atomic E-state index is 0.177. The molecular weight excluding hydrogens is 426 g/mol. The van der Waals surface area contributed by atoms with Gasteiger partial charge >= 0.3 is 0 Å². The van der Waals surface area contributed by atoms with E-state index in [-0.39, 0.29) is 12.5 Å². The molecule has 1 unspecified atom stereocenters. The van der Waals surface area contributed by atoms with Crippen LogP contribution in [0.1, 0.15) is 27.7 Å². The third-order valence-electron chi connectivity index (χ3n) is 5.82. The maximum absolute atomic E-state index is 13.4. The molecular formula is C24H27N3O6. The Kier molecular flexibility index (Phi) is 6.52. The summed E-state index contributed by atoms with van der Waals surface area (Å²) < 4.78 is 26.9. The highest BCUT2D eigenvalue weighted by Gasteiger charge is 2.43. The minimum atomic E-state index is -0.573. The number of fused-ring (bicyclic) bond motifs is 1. The molecule has 1 aliphatic rings. The highest BCUT2D eigenvalue weighted by molar-refractivity contribution is 6.00. The van der Waals surface area contributed by atoms with Crippen molar-refractivity contribution >= 4 is 5.91 Å². The summed E-state index contributed by atoms with van der Waals surface area (Å²) in [7, 11) is 7.88. The fourth-order valence-electron chi connectivity index (χ4n) is 4.13. The van der Waals surface area contributed by atoms with E-state index < -0.39 is 12.3 Å². The predicted octanol–water partition coefficient (Wildman–Crippen LogP) is 3.27. The van der Waals surface area contributed by atoms with Crippen molar-refractivity contribution < 1.29 is 28.5 Å². The lowest BCUT2D eigenvalue weighted by Gasteiger charge is -2.29. The van der Waals surface area contributed by atoms with Crippen LogP contribution in [0.3, 0.4) is 0 Å². The van der Waals surface area contributed by atoms with Crippen molar-refractivity contribution in [2.45, 2.75) is 12.3 Å². The van der Waals surface area contributed by atoms with E-state index >= 15 is 0 Å². The largest absolute Gasteiger partial charge is 0.497 e. The number of hydrogen-bond acceptors (Lipinski definition) is 7. The van der Waals surface area contributed by atoms with Gasteiger partial charge in [0.15, 0.2) is 17.8 Å². The van der Waals surface area contributed by atoms with E-state index in [1.165, 1.54) is 0 Å². The van der Waals surface area contributed by atoms with Gasteiger partial charge in [-0.3, -0.25) is 9.89 Å². The Bertz CT molecular complexity index is 1120. The Labute approximate surface area is 192 Å². The molecule has 0 saturated heterocycles. The summed E-state index contributed by atoms with van der Waals surface area (Å²) in [5.74, 6) is 1.74. The third kappa shape index (κ3) is 4.01. The van der Waals surface area contributed by atoms with Crippen LogP contribution in [0.4, 0.5) is 0 Å². The predicted molar refractivity (Wildman–Crippen MR) is 121 cm³/mol. The van der Waals surface area contributed by atoms with Gasteiger partial charge in [0, 0.05) is 25.3 Å². The van der Waals surface area contributed by atoms with Gasteiger partial charge in [-0.2, -0.15) is 5.10 Å². The Hall–Kier alpha value is -3.56. The van der Waals surface area contributed by atoms with Crippen LogP contribution in [0.15, 0.2) is 42.5 Å². The minimum Gasteiger partial charge on any atom is -0.497 e. The number of nitrogens with one attached hydrogen (secondary N) is 1. The molecule has 4 rings (SSSR count). The van der Waals surface area contributed by atoms with Crippen molar-refractivity contribution in [3.8, 4) is 28.5 Å². The first-order valence-corrected chi connectivity index (χ1v) is 10.4. The Morgan fingerprint density at radius 1 is 0.939 bits per heavy atom. The molecule has 33 heavy (non-hydrogen) atoms. The number of benzene rings is 2. The molecule has 9 heteroatoms. The summed E-state index contributed by atoms with van der Waals surface area (Å²) in [6.07, 6.45) is -0.573. The average molecular weight is 453 g/mol. The number of carbonyl (C=O) groups is 1. The molecule has 9 nitrogen and oxygen atoms in total. The highest BCUT2D eigenvalue weighted by atomic mass is 16.7. The maximum atomic E-state index is 13.4. The first kappa shape index (κ1) is 22.6. The van der Waals surface area contributed by atoms with Crippen LogP contribution in [0.25, 0.3) is 11.3 Å². The van der Waals surface area contributed by atoms with Crippen molar-refractivity contribution in [1.29, 1.82) is 0 Å². The van der Waals surface area contributed by atoms with Gasteiger partial charge in [0.25, 0.3) is 5.91 Å². The number of nitrogens with zero attached hydrogens (tertiary/aromatic N) is 2. The lowest BCUT2D eigenvalue weighted by atomic mass is 9.96. The van der Waals surface area contributed by atoms with E-state index in [4.69, 9.17) is 23.7 Å². The SMILES string of the molecule is COc1ccc(C2c3c(-c4ccc(OC)c(OC)c4)n[nH]c3C(=O)N2CC(OC)OC)cc1. The summed E-state index contributed by atoms with van der Waals surface area (Å²) in [6, 6.07) is 12.8. The number of rotatable bonds is 9. The van der Waals surface area contributed by atoms with E-state index in [0.717, 1.165) is 22.4 Å². The second-order valence-corrected chi connectivity index (χ2v) is 7.46. The van der Waals surface area contributed by atoms with Crippen LogP contribution in [-0.4, -0.2) is 69.4 Å². The van der Waals surface area contributed by atoms with Gasteiger partial charge in [-0.25, -0.2) is 0 Å². The second kappa shape index (κ2) is 9.51. The fraction of sp³-hybridized carbons (Fsp3) is 0.333. The maximum Gasteiger partial charge on any atom is 0.273 e. The van der Waals surface area contributed by atoms with Crippen molar-refractivity contribution in [2.75, 3.05) is 42.1 Å². The first-order chi connectivity index (χ1) is 16.1. The fourth-order valence-corrected chi connectivity index (χ4v) is 4.13. The highest BCUT2D eigenvalue weighted by Crippen LogP contribution is 2.44. The third-order valence-corrected chi connectivity index (χ3v) is 5.82. The average Bonchev–Trinajstić information content (AvgIpc) is 3.40. The molecule has 3 aromatic rings. The van der Waals surface area contributed by atoms with Crippen molar-refractivity contribution in [3.63, 3.8) is 0 Å². The molecule has 1 aromatic heterocycles. The Morgan fingerprint density at radius 2 is 1.64 bits per heavy atom. The zero-order valence-corrected chi connectivity index (χ0v) is 19.2. The number of H-pyrrole nitrogens is 1. The van der Waals surface area contributed by atoms with E-state index in [1.54, 1.807) is 40.4 Å². The van der Waals surface area contributed by atoms with E-state index in [0.29, 0.717) is 22.9 Å². The zero-order chi connectivity index (χ0) is 23.5. The van der Waals surface area contributed by atoms with Crippen molar-refractivity contribution in [2.24, 2.45) is 0 Å². The number of amides is 1. The second-order valence-electron chi connectivity index (χ2n) is 7.46. The monoisotopic (exact) mass is 453 g/mol. The van der Waals surface area contributed by atoms with Crippen molar-refractivity contribution in [1.82, 2.24) is 15.1 Å². The molecule has 2 heterocycles. The number of aromatic nitrogens is 2. The molecule has 0 spiro atoms. The van der Waals surface area contributed by atoms with Crippen LogP contribution in [0.5, 0.6) is 17.2 Å². The Balaban J connectivity index is 1.84. The molecule has 0 aliphatic carbocycles. The normalized spacial score (nSPS) is 15.2. The number of ether oxygens (including phenoxy) is 5. The molecule has 1 amide bonds. The van der Waals surface area contributed by atoms with Crippen LogP contribution in [0.2, 0.25) is 0 Å². The summed E-state index contributed by atoms with van der Waals surface area (Å²) in [5.41, 5.74) is 3.59. The number of hydrogen-bond donors (Lipinski definition) is 1. The van der Waals surface area contributed by atoms with Gasteiger partial charge in [0.2, 0.25) is 0 Å². The molecule has 1 aliphatic heterocycles. The van der Waals surface area contributed by atoms with E-state index in [9.17, 15) is 4.79 Å². The van der Waals surface area contributed by atoms with Gasteiger partial charge in [0.1, 0.15) is 11.4 Å².